The molecule has 1 aromatic rings. The van der Waals surface area contributed by atoms with Crippen molar-refractivity contribution in [2.24, 2.45) is 11.8 Å². The van der Waals surface area contributed by atoms with Crippen LogP contribution in [0.25, 0.3) is 0 Å². The third-order valence-electron chi connectivity index (χ3n) is 3.83. The van der Waals surface area contributed by atoms with Crippen molar-refractivity contribution in [3.05, 3.63) is 24.3 Å². The molecule has 118 valence electrons. The molecule has 0 spiro atoms. The average Bonchev–Trinajstić information content (AvgIpc) is 2.45. The second-order valence-corrected chi connectivity index (χ2v) is 8.35. The van der Waals surface area contributed by atoms with Gasteiger partial charge < -0.3 is 5.32 Å². The second kappa shape index (κ2) is 6.79. The van der Waals surface area contributed by atoms with Gasteiger partial charge in [-0.1, -0.05) is 20.8 Å². The van der Waals surface area contributed by atoms with Crippen molar-refractivity contribution in [3.63, 3.8) is 0 Å². The molecule has 1 fully saturated rings. The molecule has 1 unspecified atom stereocenters. The Hall–Kier alpha value is -1.07. The van der Waals surface area contributed by atoms with E-state index >= 15 is 0 Å². The molecular formula is C16H26N2O2S. The first-order valence-electron chi connectivity index (χ1n) is 7.73. The minimum atomic E-state index is -3.34. The van der Waals surface area contributed by atoms with Crippen LogP contribution in [0.4, 0.5) is 5.69 Å². The van der Waals surface area contributed by atoms with E-state index in [0.29, 0.717) is 29.8 Å². The average molecular weight is 310 g/mol. The maximum absolute atomic E-state index is 12.6. The molecule has 0 bridgehead atoms. The SMILES string of the molecule is CC(C)CNc1ccc(S(=O)(=O)N2CCCC(C)C2)cc1. The number of nitrogens with zero attached hydrogens (tertiary/aromatic N) is 1. The van der Waals surface area contributed by atoms with Crippen molar-refractivity contribution < 1.29 is 8.42 Å². The smallest absolute Gasteiger partial charge is 0.243 e. The van der Waals surface area contributed by atoms with Gasteiger partial charge in [0, 0.05) is 25.3 Å². The van der Waals surface area contributed by atoms with Crippen LogP contribution in [0, 0.1) is 11.8 Å². The van der Waals surface area contributed by atoms with Crippen molar-refractivity contribution >= 4 is 15.7 Å². The number of hydrogen-bond donors (Lipinski definition) is 1. The molecule has 5 heteroatoms. The summed E-state index contributed by atoms with van der Waals surface area (Å²) in [6.07, 6.45) is 2.07. The van der Waals surface area contributed by atoms with E-state index < -0.39 is 10.0 Å². The van der Waals surface area contributed by atoms with E-state index in [4.69, 9.17) is 0 Å². The topological polar surface area (TPSA) is 49.4 Å². The monoisotopic (exact) mass is 310 g/mol. The van der Waals surface area contributed by atoms with Gasteiger partial charge in [0.25, 0.3) is 0 Å². The van der Waals surface area contributed by atoms with E-state index in [2.05, 4.69) is 26.1 Å². The van der Waals surface area contributed by atoms with Crippen molar-refractivity contribution in [1.29, 1.82) is 0 Å². The number of rotatable bonds is 5. The van der Waals surface area contributed by atoms with E-state index in [9.17, 15) is 8.42 Å². The van der Waals surface area contributed by atoms with Crippen LogP contribution in [0.15, 0.2) is 29.2 Å². The van der Waals surface area contributed by atoms with Gasteiger partial charge in [0.1, 0.15) is 0 Å². The number of nitrogens with one attached hydrogen (secondary N) is 1. The summed E-state index contributed by atoms with van der Waals surface area (Å²) in [5, 5.41) is 3.30. The van der Waals surface area contributed by atoms with Gasteiger partial charge in [-0.3, -0.25) is 0 Å². The maximum atomic E-state index is 12.6. The number of sulfonamides is 1. The van der Waals surface area contributed by atoms with Crippen LogP contribution in [0.2, 0.25) is 0 Å². The quantitative estimate of drug-likeness (QED) is 0.909. The Morgan fingerprint density at radius 3 is 2.52 bits per heavy atom. The van der Waals surface area contributed by atoms with Gasteiger partial charge in [0.15, 0.2) is 0 Å². The molecule has 0 aromatic heterocycles. The van der Waals surface area contributed by atoms with E-state index in [1.165, 1.54) is 0 Å². The molecule has 4 nitrogen and oxygen atoms in total. The highest BCUT2D eigenvalue weighted by Crippen LogP contribution is 2.24. The molecule has 0 aliphatic carbocycles. The van der Waals surface area contributed by atoms with Crippen LogP contribution < -0.4 is 5.32 Å². The first kappa shape index (κ1) is 16.3. The second-order valence-electron chi connectivity index (χ2n) is 6.41. The minimum Gasteiger partial charge on any atom is -0.385 e. The van der Waals surface area contributed by atoms with Crippen LogP contribution in [0.1, 0.15) is 33.6 Å². The molecule has 1 aromatic carbocycles. The Balaban J connectivity index is 2.09. The molecule has 1 N–H and O–H groups in total. The lowest BCUT2D eigenvalue weighted by atomic mass is 10.0. The van der Waals surface area contributed by atoms with Gasteiger partial charge in [-0.2, -0.15) is 4.31 Å². The zero-order chi connectivity index (χ0) is 15.5. The first-order chi connectivity index (χ1) is 9.89. The van der Waals surface area contributed by atoms with Crippen LogP contribution in [0.3, 0.4) is 0 Å². The lowest BCUT2D eigenvalue weighted by Gasteiger charge is -2.30. The van der Waals surface area contributed by atoms with E-state index in [1.807, 2.05) is 12.1 Å². The third kappa shape index (κ3) is 4.20. The highest BCUT2D eigenvalue weighted by Gasteiger charge is 2.28. The maximum Gasteiger partial charge on any atom is 0.243 e. The molecule has 1 saturated heterocycles. The largest absolute Gasteiger partial charge is 0.385 e. The number of piperidine rings is 1. The van der Waals surface area contributed by atoms with Crippen LogP contribution in [-0.4, -0.2) is 32.4 Å². The highest BCUT2D eigenvalue weighted by atomic mass is 32.2. The summed E-state index contributed by atoms with van der Waals surface area (Å²) in [6, 6.07) is 7.11. The predicted octanol–water partition coefficient (Wildman–Crippen LogP) is 3.18. The summed E-state index contributed by atoms with van der Waals surface area (Å²) in [7, 11) is -3.34. The molecule has 2 rings (SSSR count). The molecule has 0 radical (unpaired) electrons. The Morgan fingerprint density at radius 2 is 1.95 bits per heavy atom. The summed E-state index contributed by atoms with van der Waals surface area (Å²) in [4.78, 5) is 0.395. The van der Waals surface area contributed by atoms with Gasteiger partial charge in [-0.25, -0.2) is 8.42 Å². The fourth-order valence-electron chi connectivity index (χ4n) is 2.58. The fraction of sp³-hybridized carbons (Fsp3) is 0.625. The van der Waals surface area contributed by atoms with Gasteiger partial charge in [0.2, 0.25) is 10.0 Å². The van der Waals surface area contributed by atoms with Crippen molar-refractivity contribution in [1.82, 2.24) is 4.31 Å². The van der Waals surface area contributed by atoms with E-state index in [-0.39, 0.29) is 0 Å². The molecule has 0 saturated carbocycles. The molecule has 21 heavy (non-hydrogen) atoms. The van der Waals surface area contributed by atoms with E-state index in [1.54, 1.807) is 16.4 Å². The highest BCUT2D eigenvalue weighted by molar-refractivity contribution is 7.89. The normalized spacial score (nSPS) is 20.7. The number of hydrogen-bond acceptors (Lipinski definition) is 3. The lowest BCUT2D eigenvalue weighted by Crippen LogP contribution is -2.39. The minimum absolute atomic E-state index is 0.395. The molecule has 1 aliphatic rings. The Bertz CT molecular complexity index is 552. The van der Waals surface area contributed by atoms with Gasteiger partial charge in [-0.15, -0.1) is 0 Å². The standard InChI is InChI=1S/C16H26N2O2S/c1-13(2)11-17-15-6-8-16(9-7-15)21(19,20)18-10-4-5-14(3)12-18/h6-9,13-14,17H,4-5,10-12H2,1-3H3. The summed E-state index contributed by atoms with van der Waals surface area (Å²) in [6.45, 7) is 8.55. The van der Waals surface area contributed by atoms with Gasteiger partial charge in [0.05, 0.1) is 4.90 Å². The number of benzene rings is 1. The summed E-state index contributed by atoms with van der Waals surface area (Å²) in [5.41, 5.74) is 0.967. The van der Waals surface area contributed by atoms with Gasteiger partial charge >= 0.3 is 0 Å². The Morgan fingerprint density at radius 1 is 1.29 bits per heavy atom. The Kier molecular flexibility index (Phi) is 5.27. The predicted molar refractivity (Wildman–Crippen MR) is 86.9 cm³/mol. The van der Waals surface area contributed by atoms with Crippen LogP contribution in [-0.2, 0) is 10.0 Å². The summed E-state index contributed by atoms with van der Waals surface area (Å²) < 4.78 is 26.9. The third-order valence-corrected chi connectivity index (χ3v) is 5.71. The molecule has 1 heterocycles. The fourth-order valence-corrected chi connectivity index (χ4v) is 4.18. The zero-order valence-corrected chi connectivity index (χ0v) is 14.0. The molecule has 1 aliphatic heterocycles. The van der Waals surface area contributed by atoms with E-state index in [0.717, 1.165) is 25.1 Å². The van der Waals surface area contributed by atoms with Crippen LogP contribution in [0.5, 0.6) is 0 Å². The zero-order valence-electron chi connectivity index (χ0n) is 13.2. The van der Waals surface area contributed by atoms with Crippen LogP contribution >= 0.6 is 0 Å². The van der Waals surface area contributed by atoms with Crippen molar-refractivity contribution in [2.45, 2.75) is 38.5 Å². The molecular weight excluding hydrogens is 284 g/mol. The number of anilines is 1. The van der Waals surface area contributed by atoms with Gasteiger partial charge in [-0.05, 0) is 48.9 Å². The molecule has 1 atom stereocenters. The summed E-state index contributed by atoms with van der Waals surface area (Å²) in [5.74, 6) is 1.00. The summed E-state index contributed by atoms with van der Waals surface area (Å²) >= 11 is 0. The van der Waals surface area contributed by atoms with Crippen molar-refractivity contribution in [3.8, 4) is 0 Å². The Labute approximate surface area is 128 Å². The van der Waals surface area contributed by atoms with Crippen molar-refractivity contribution in [2.75, 3.05) is 25.0 Å². The lowest BCUT2D eigenvalue weighted by molar-refractivity contribution is 0.281. The molecule has 0 amide bonds. The first-order valence-corrected chi connectivity index (χ1v) is 9.17.